The fourth-order valence-corrected chi connectivity index (χ4v) is 1.09. The summed E-state index contributed by atoms with van der Waals surface area (Å²) in [5, 5.41) is 4.73. The molecule has 0 amide bonds. The Morgan fingerprint density at radius 2 is 2.15 bits per heavy atom. The van der Waals surface area contributed by atoms with Crippen LogP contribution >= 0.6 is 0 Å². The van der Waals surface area contributed by atoms with Crippen molar-refractivity contribution >= 4 is 16.0 Å². The smallest absolute Gasteiger partial charge is 0.274 e. The highest BCUT2D eigenvalue weighted by Gasteiger charge is 2.00. The van der Waals surface area contributed by atoms with E-state index in [1.807, 2.05) is 0 Å². The van der Waals surface area contributed by atoms with E-state index in [1.165, 1.54) is 6.20 Å². The van der Waals surface area contributed by atoms with Gasteiger partial charge >= 0.3 is 0 Å². The van der Waals surface area contributed by atoms with Crippen molar-refractivity contribution in [2.75, 3.05) is 5.73 Å². The Morgan fingerprint density at radius 3 is 2.62 bits per heavy atom. The minimum Gasteiger partial charge on any atom is -0.384 e. The molecule has 0 aliphatic carbocycles. The number of nitrogens with one attached hydrogen (secondary N) is 1. The van der Waals surface area contributed by atoms with Crippen molar-refractivity contribution < 1.29 is 8.42 Å². The van der Waals surface area contributed by atoms with E-state index in [9.17, 15) is 8.42 Å². The molecule has 0 spiro atoms. The van der Waals surface area contributed by atoms with Crippen molar-refractivity contribution in [1.29, 1.82) is 0 Å². The zero-order valence-electron chi connectivity index (χ0n) is 6.77. The van der Waals surface area contributed by atoms with Crippen LogP contribution in [0.5, 0.6) is 0 Å². The maximum atomic E-state index is 10.5. The first kappa shape index (κ1) is 9.90. The molecule has 0 bridgehead atoms. The fourth-order valence-electron chi connectivity index (χ4n) is 0.724. The van der Waals surface area contributed by atoms with Gasteiger partial charge in [0.15, 0.2) is 0 Å². The van der Waals surface area contributed by atoms with Crippen molar-refractivity contribution in [3.8, 4) is 0 Å². The van der Waals surface area contributed by atoms with E-state index in [4.69, 9.17) is 10.9 Å². The summed E-state index contributed by atoms with van der Waals surface area (Å²) in [6.07, 6.45) is 1.48. The molecule has 1 aromatic heterocycles. The minimum atomic E-state index is -3.64. The molecule has 1 aromatic rings. The van der Waals surface area contributed by atoms with Gasteiger partial charge in [-0.2, -0.15) is 13.1 Å². The molecule has 72 valence electrons. The van der Waals surface area contributed by atoms with Gasteiger partial charge in [0, 0.05) is 12.7 Å². The van der Waals surface area contributed by atoms with Crippen LogP contribution in [0.1, 0.15) is 5.56 Å². The molecular weight excluding hydrogens is 192 g/mol. The molecule has 0 radical (unpaired) electrons. The molecule has 0 saturated carbocycles. The van der Waals surface area contributed by atoms with Crippen molar-refractivity contribution in [3.63, 3.8) is 0 Å². The average Bonchev–Trinajstić information content (AvgIpc) is 2.02. The molecule has 1 rings (SSSR count). The van der Waals surface area contributed by atoms with Gasteiger partial charge in [0.1, 0.15) is 5.82 Å². The summed E-state index contributed by atoms with van der Waals surface area (Å²) >= 11 is 0. The van der Waals surface area contributed by atoms with Gasteiger partial charge in [-0.3, -0.25) is 0 Å². The summed E-state index contributed by atoms with van der Waals surface area (Å²) < 4.78 is 23.1. The van der Waals surface area contributed by atoms with Crippen molar-refractivity contribution in [3.05, 3.63) is 23.9 Å². The zero-order chi connectivity index (χ0) is 9.90. The lowest BCUT2D eigenvalue weighted by Gasteiger charge is -2.01. The molecule has 1 heterocycles. The molecule has 5 N–H and O–H groups in total. The lowest BCUT2D eigenvalue weighted by Crippen LogP contribution is -2.30. The van der Waals surface area contributed by atoms with Gasteiger partial charge in [-0.25, -0.2) is 10.1 Å². The molecule has 13 heavy (non-hydrogen) atoms. The van der Waals surface area contributed by atoms with Gasteiger partial charge in [-0.05, 0) is 11.6 Å². The van der Waals surface area contributed by atoms with Crippen LogP contribution in [0.2, 0.25) is 0 Å². The van der Waals surface area contributed by atoms with E-state index in [-0.39, 0.29) is 6.54 Å². The lowest BCUT2D eigenvalue weighted by molar-refractivity contribution is 0.583. The summed E-state index contributed by atoms with van der Waals surface area (Å²) in [5.41, 5.74) is 6.03. The largest absolute Gasteiger partial charge is 0.384 e. The molecule has 0 fully saturated rings. The van der Waals surface area contributed by atoms with Crippen LogP contribution in [0.25, 0.3) is 0 Å². The number of hydrogen-bond donors (Lipinski definition) is 3. The molecule has 0 aliphatic rings. The van der Waals surface area contributed by atoms with Crippen LogP contribution in [0.4, 0.5) is 5.82 Å². The lowest BCUT2D eigenvalue weighted by atomic mass is 10.3. The van der Waals surface area contributed by atoms with E-state index in [2.05, 4.69) is 9.71 Å². The Bertz CT molecular complexity index is 372. The third-order valence-electron chi connectivity index (χ3n) is 1.33. The number of hydrogen-bond acceptors (Lipinski definition) is 4. The molecule has 0 unspecified atom stereocenters. The Morgan fingerprint density at radius 1 is 1.46 bits per heavy atom. The number of nitrogens with zero attached hydrogens (tertiary/aromatic N) is 1. The SMILES string of the molecule is Nc1ccc(CNS(N)(=O)=O)cn1. The molecule has 0 aromatic carbocycles. The topological polar surface area (TPSA) is 111 Å². The van der Waals surface area contributed by atoms with Crippen molar-refractivity contribution in [2.45, 2.75) is 6.54 Å². The maximum Gasteiger partial charge on any atom is 0.274 e. The van der Waals surface area contributed by atoms with Crippen LogP contribution in [0.3, 0.4) is 0 Å². The first-order chi connectivity index (χ1) is 5.97. The van der Waals surface area contributed by atoms with Gasteiger partial charge in [-0.15, -0.1) is 0 Å². The maximum absolute atomic E-state index is 10.5. The van der Waals surface area contributed by atoms with Gasteiger partial charge in [0.05, 0.1) is 0 Å². The van der Waals surface area contributed by atoms with Crippen molar-refractivity contribution in [2.24, 2.45) is 5.14 Å². The summed E-state index contributed by atoms with van der Waals surface area (Å²) in [7, 11) is -3.64. The van der Waals surface area contributed by atoms with Gasteiger partial charge in [0.2, 0.25) is 0 Å². The number of nitrogen functional groups attached to an aromatic ring is 1. The quantitative estimate of drug-likeness (QED) is 0.581. The van der Waals surface area contributed by atoms with E-state index < -0.39 is 10.2 Å². The van der Waals surface area contributed by atoms with E-state index in [0.29, 0.717) is 11.4 Å². The molecule has 7 heteroatoms. The highest BCUT2D eigenvalue weighted by atomic mass is 32.2. The van der Waals surface area contributed by atoms with Crippen LogP contribution < -0.4 is 15.6 Å². The number of rotatable bonds is 3. The first-order valence-corrected chi connectivity index (χ1v) is 5.00. The first-order valence-electron chi connectivity index (χ1n) is 3.45. The van der Waals surface area contributed by atoms with E-state index in [1.54, 1.807) is 12.1 Å². The van der Waals surface area contributed by atoms with Crippen molar-refractivity contribution in [1.82, 2.24) is 9.71 Å². The third-order valence-corrected chi connectivity index (χ3v) is 1.87. The Labute approximate surface area is 76.1 Å². The minimum absolute atomic E-state index is 0.117. The summed E-state index contributed by atoms with van der Waals surface area (Å²) in [6, 6.07) is 3.25. The number of aromatic nitrogens is 1. The second-order valence-electron chi connectivity index (χ2n) is 2.46. The summed E-state index contributed by atoms with van der Waals surface area (Å²) in [6.45, 7) is 0.117. The average molecular weight is 202 g/mol. The van der Waals surface area contributed by atoms with Gasteiger partial charge in [0.25, 0.3) is 10.2 Å². The molecule has 6 nitrogen and oxygen atoms in total. The van der Waals surface area contributed by atoms with Gasteiger partial charge in [-0.1, -0.05) is 6.07 Å². The van der Waals surface area contributed by atoms with Gasteiger partial charge < -0.3 is 5.73 Å². The predicted octanol–water partition coefficient (Wildman–Crippen LogP) is -1.04. The molecule has 0 atom stereocenters. The van der Waals surface area contributed by atoms with Crippen LogP contribution in [0.15, 0.2) is 18.3 Å². The number of anilines is 1. The zero-order valence-corrected chi connectivity index (χ0v) is 7.58. The highest BCUT2D eigenvalue weighted by molar-refractivity contribution is 7.87. The molecular formula is C6H10N4O2S. The monoisotopic (exact) mass is 202 g/mol. The Kier molecular flexibility index (Phi) is 2.81. The second kappa shape index (κ2) is 3.69. The summed E-state index contributed by atoms with van der Waals surface area (Å²) in [4.78, 5) is 3.78. The number of nitrogens with two attached hydrogens (primary N) is 2. The predicted molar refractivity (Wildman–Crippen MR) is 48.6 cm³/mol. The highest BCUT2D eigenvalue weighted by Crippen LogP contribution is 2.00. The Hall–Kier alpha value is -1.18. The van der Waals surface area contributed by atoms with Crippen LogP contribution in [-0.4, -0.2) is 13.4 Å². The molecule has 0 aliphatic heterocycles. The fraction of sp³-hybridized carbons (Fsp3) is 0.167. The van der Waals surface area contributed by atoms with Crippen LogP contribution in [-0.2, 0) is 16.8 Å². The second-order valence-corrected chi connectivity index (χ2v) is 3.84. The molecule has 0 saturated heterocycles. The Balaban J connectivity index is 2.61. The van der Waals surface area contributed by atoms with E-state index >= 15 is 0 Å². The van der Waals surface area contributed by atoms with Crippen LogP contribution in [0, 0.1) is 0 Å². The summed E-state index contributed by atoms with van der Waals surface area (Å²) in [5.74, 6) is 0.388. The number of pyridine rings is 1. The standard InChI is InChI=1S/C6H10N4O2S/c7-6-2-1-5(3-9-6)4-10-13(8,11)12/h1-3,10H,4H2,(H2,7,9)(H2,8,11,12). The van der Waals surface area contributed by atoms with E-state index in [0.717, 1.165) is 0 Å². The normalized spacial score (nSPS) is 11.5. The third kappa shape index (κ3) is 3.83.